The third kappa shape index (κ3) is 3.33. The van der Waals surface area contributed by atoms with Crippen LogP contribution in [0.5, 0.6) is 0 Å². The van der Waals surface area contributed by atoms with Crippen LogP contribution in [0.4, 0.5) is 5.69 Å². The molecule has 4 aromatic rings. The molecule has 0 saturated heterocycles. The summed E-state index contributed by atoms with van der Waals surface area (Å²) in [5.41, 5.74) is 7.48. The third-order valence-corrected chi connectivity index (χ3v) is 6.15. The van der Waals surface area contributed by atoms with E-state index in [1.54, 1.807) is 0 Å². The van der Waals surface area contributed by atoms with E-state index >= 15 is 0 Å². The van der Waals surface area contributed by atoms with Crippen molar-refractivity contribution in [2.45, 2.75) is 26.3 Å². The van der Waals surface area contributed by atoms with E-state index in [2.05, 4.69) is 41.4 Å². The second kappa shape index (κ2) is 7.71. The molecule has 2 heterocycles. The number of hydrogen-bond acceptors (Lipinski definition) is 2. The number of nitrogens with one attached hydrogen (secondary N) is 1. The van der Waals surface area contributed by atoms with E-state index in [1.807, 2.05) is 60.4 Å². The number of halogens is 1. The van der Waals surface area contributed by atoms with Crippen LogP contribution < -0.4 is 4.90 Å². The molecule has 1 N–H and O–H groups in total. The lowest BCUT2D eigenvalue weighted by molar-refractivity contribution is 0.0989. The van der Waals surface area contributed by atoms with Crippen LogP contribution in [0, 0.1) is 6.92 Å². The molecule has 31 heavy (non-hydrogen) atoms. The maximum absolute atomic E-state index is 13.5. The molecule has 1 unspecified atom stereocenters. The Morgan fingerprint density at radius 2 is 1.65 bits per heavy atom. The number of benzene rings is 3. The van der Waals surface area contributed by atoms with Crippen LogP contribution in [0.25, 0.3) is 11.3 Å². The Morgan fingerprint density at radius 1 is 0.968 bits per heavy atom. The molecule has 5 rings (SSSR count). The highest BCUT2D eigenvalue weighted by molar-refractivity contribution is 6.30. The molecule has 3 aromatic carbocycles. The van der Waals surface area contributed by atoms with Crippen molar-refractivity contribution in [3.63, 3.8) is 0 Å². The van der Waals surface area contributed by atoms with Crippen LogP contribution >= 0.6 is 11.6 Å². The van der Waals surface area contributed by atoms with Gasteiger partial charge in [-0.15, -0.1) is 0 Å². The van der Waals surface area contributed by atoms with Crippen LogP contribution in [0.2, 0.25) is 5.02 Å². The molecular formula is C26H22ClN3O. The van der Waals surface area contributed by atoms with Gasteiger partial charge in [-0.25, -0.2) is 0 Å². The Balaban J connectivity index is 1.70. The molecule has 1 aliphatic rings. The number of carbonyl (C=O) groups is 1. The van der Waals surface area contributed by atoms with Crippen LogP contribution in [0.3, 0.4) is 0 Å². The van der Waals surface area contributed by atoms with Crippen molar-refractivity contribution in [2.24, 2.45) is 0 Å². The van der Waals surface area contributed by atoms with Gasteiger partial charge in [0.05, 0.1) is 11.7 Å². The summed E-state index contributed by atoms with van der Waals surface area (Å²) < 4.78 is 0. The molecule has 0 aliphatic carbocycles. The van der Waals surface area contributed by atoms with E-state index < -0.39 is 0 Å². The van der Waals surface area contributed by atoms with E-state index in [0.717, 1.165) is 40.1 Å². The highest BCUT2D eigenvalue weighted by Gasteiger charge is 2.43. The Hall–Kier alpha value is -3.37. The quantitative estimate of drug-likeness (QED) is 0.412. The summed E-state index contributed by atoms with van der Waals surface area (Å²) in [6.45, 7) is 4.18. The van der Waals surface area contributed by atoms with Crippen molar-refractivity contribution < 1.29 is 4.79 Å². The summed E-state index contributed by atoms with van der Waals surface area (Å²) in [6.07, 6.45) is 0.971. The van der Waals surface area contributed by atoms with E-state index in [1.165, 1.54) is 5.56 Å². The van der Waals surface area contributed by atoms with Gasteiger partial charge in [0.15, 0.2) is 0 Å². The fourth-order valence-corrected chi connectivity index (χ4v) is 4.32. The zero-order valence-electron chi connectivity index (χ0n) is 17.4. The van der Waals surface area contributed by atoms with Crippen molar-refractivity contribution in [1.29, 1.82) is 0 Å². The first kappa shape index (κ1) is 19.6. The number of H-pyrrole nitrogens is 1. The second-order valence-electron chi connectivity index (χ2n) is 7.88. The number of anilines is 1. The van der Waals surface area contributed by atoms with Crippen molar-refractivity contribution in [2.75, 3.05) is 4.90 Å². The summed E-state index contributed by atoms with van der Waals surface area (Å²) in [5.74, 6) is -0.0730. The van der Waals surface area contributed by atoms with Crippen molar-refractivity contribution in [3.05, 3.63) is 106 Å². The van der Waals surface area contributed by atoms with Gasteiger partial charge in [-0.1, -0.05) is 72.6 Å². The molecule has 1 amide bonds. The minimum atomic E-state index is -0.263. The molecule has 1 aliphatic heterocycles. The number of aryl methyl sites for hydroxylation is 2. The first-order valence-electron chi connectivity index (χ1n) is 10.4. The fraction of sp³-hybridized carbons (Fsp3) is 0.154. The van der Waals surface area contributed by atoms with Crippen LogP contribution in [0.1, 0.15) is 45.7 Å². The Morgan fingerprint density at radius 3 is 2.29 bits per heavy atom. The maximum atomic E-state index is 13.5. The standard InChI is InChI=1S/C26H22ClN3O/c1-3-17-6-8-19(9-7-17)25-22-23(18-10-12-20(27)13-11-18)28-29-24(22)26(31)30(25)21-14-4-16(2)5-15-21/h4-15,25H,3H2,1-2H3,(H,28,29). The number of amides is 1. The average Bonchev–Trinajstić information content (AvgIpc) is 3.34. The Kier molecular flexibility index (Phi) is 4.87. The van der Waals surface area contributed by atoms with Gasteiger partial charge in [-0.2, -0.15) is 5.10 Å². The summed E-state index contributed by atoms with van der Waals surface area (Å²) in [6, 6.07) is 23.9. The number of rotatable bonds is 4. The molecule has 0 bridgehead atoms. The molecule has 1 atom stereocenters. The zero-order valence-corrected chi connectivity index (χ0v) is 18.1. The number of aromatic nitrogens is 2. The minimum absolute atomic E-state index is 0.0730. The molecule has 4 nitrogen and oxygen atoms in total. The van der Waals surface area contributed by atoms with Crippen molar-refractivity contribution in [3.8, 4) is 11.3 Å². The van der Waals surface area contributed by atoms with Crippen LogP contribution in [-0.2, 0) is 6.42 Å². The van der Waals surface area contributed by atoms with Gasteiger partial charge < -0.3 is 0 Å². The van der Waals surface area contributed by atoms with Crippen molar-refractivity contribution in [1.82, 2.24) is 10.2 Å². The van der Waals surface area contributed by atoms with Crippen molar-refractivity contribution >= 4 is 23.2 Å². The summed E-state index contributed by atoms with van der Waals surface area (Å²) in [5, 5.41) is 8.20. The predicted molar refractivity (Wildman–Crippen MR) is 125 cm³/mol. The third-order valence-electron chi connectivity index (χ3n) is 5.90. The predicted octanol–water partition coefficient (Wildman–Crippen LogP) is 6.35. The molecule has 1 aromatic heterocycles. The van der Waals surface area contributed by atoms with E-state index in [9.17, 15) is 4.79 Å². The lowest BCUT2D eigenvalue weighted by Gasteiger charge is -2.27. The first-order valence-corrected chi connectivity index (χ1v) is 10.8. The highest BCUT2D eigenvalue weighted by atomic mass is 35.5. The van der Waals surface area contributed by atoms with Gasteiger partial charge >= 0.3 is 0 Å². The number of nitrogens with zero attached hydrogens (tertiary/aromatic N) is 2. The lowest BCUT2D eigenvalue weighted by atomic mass is 9.95. The molecule has 5 heteroatoms. The van der Waals surface area contributed by atoms with Crippen LogP contribution in [0.15, 0.2) is 72.8 Å². The molecule has 154 valence electrons. The van der Waals surface area contributed by atoms with E-state index in [0.29, 0.717) is 10.7 Å². The van der Waals surface area contributed by atoms with E-state index in [-0.39, 0.29) is 11.9 Å². The lowest BCUT2D eigenvalue weighted by Crippen LogP contribution is -2.29. The molecular weight excluding hydrogens is 406 g/mol. The minimum Gasteiger partial charge on any atom is -0.295 e. The number of fused-ring (bicyclic) bond motifs is 1. The highest BCUT2D eigenvalue weighted by Crippen LogP contribution is 2.45. The summed E-state index contributed by atoms with van der Waals surface area (Å²) >= 11 is 6.09. The SMILES string of the molecule is CCc1ccc(C2c3c(-c4ccc(Cl)cc4)n[nH]c3C(=O)N2c2ccc(C)cc2)cc1. The largest absolute Gasteiger partial charge is 0.295 e. The molecule has 0 spiro atoms. The first-order chi connectivity index (χ1) is 15.1. The van der Waals surface area contributed by atoms with Gasteiger partial charge in [0, 0.05) is 21.8 Å². The van der Waals surface area contributed by atoms with E-state index in [4.69, 9.17) is 11.6 Å². The average molecular weight is 428 g/mol. The number of hydrogen-bond donors (Lipinski definition) is 1. The van der Waals surface area contributed by atoms with Gasteiger partial charge in [-0.05, 0) is 48.7 Å². The number of carbonyl (C=O) groups excluding carboxylic acids is 1. The van der Waals surface area contributed by atoms with Gasteiger partial charge in [0.1, 0.15) is 5.69 Å². The fourth-order valence-electron chi connectivity index (χ4n) is 4.20. The van der Waals surface area contributed by atoms with Gasteiger partial charge in [-0.3, -0.25) is 14.8 Å². The second-order valence-corrected chi connectivity index (χ2v) is 8.31. The molecule has 0 radical (unpaired) electrons. The van der Waals surface area contributed by atoms with Gasteiger partial charge in [0.2, 0.25) is 0 Å². The summed E-state index contributed by atoms with van der Waals surface area (Å²) in [7, 11) is 0. The normalized spacial score (nSPS) is 15.4. The smallest absolute Gasteiger partial charge is 0.277 e. The van der Waals surface area contributed by atoms with Crippen LogP contribution in [-0.4, -0.2) is 16.1 Å². The Bertz CT molecular complexity index is 1240. The Labute approximate surface area is 186 Å². The monoisotopic (exact) mass is 427 g/mol. The molecule has 0 fully saturated rings. The van der Waals surface area contributed by atoms with Gasteiger partial charge in [0.25, 0.3) is 5.91 Å². The number of aromatic amines is 1. The summed E-state index contributed by atoms with van der Waals surface area (Å²) in [4.78, 5) is 15.4. The topological polar surface area (TPSA) is 49.0 Å². The zero-order chi connectivity index (χ0) is 21.5. The molecule has 0 saturated carbocycles. The maximum Gasteiger partial charge on any atom is 0.277 e.